The van der Waals surface area contributed by atoms with Crippen LogP contribution in [0.25, 0.3) is 0 Å². The van der Waals surface area contributed by atoms with Crippen molar-refractivity contribution in [1.29, 1.82) is 0 Å². The smallest absolute Gasteiger partial charge is 0.128 e. The maximum Gasteiger partial charge on any atom is 0.128 e. The average molecular weight is 286 g/mol. The summed E-state index contributed by atoms with van der Waals surface area (Å²) in [5.74, 6) is 1.02. The van der Waals surface area contributed by atoms with Crippen molar-refractivity contribution in [2.45, 2.75) is 13.5 Å². The van der Waals surface area contributed by atoms with Gasteiger partial charge in [0.05, 0.1) is 18.1 Å². The zero-order chi connectivity index (χ0) is 14.8. The van der Waals surface area contributed by atoms with Crippen molar-refractivity contribution in [3.05, 3.63) is 35.8 Å². The summed E-state index contributed by atoms with van der Waals surface area (Å²) in [5.41, 5.74) is 8.96. The van der Waals surface area contributed by atoms with E-state index >= 15 is 0 Å². The van der Waals surface area contributed by atoms with Crippen molar-refractivity contribution in [3.63, 3.8) is 0 Å². The van der Waals surface area contributed by atoms with Gasteiger partial charge >= 0.3 is 0 Å². The first-order valence-corrected chi connectivity index (χ1v) is 7.30. The number of anilines is 2. The number of nitrogens with zero attached hydrogens (tertiary/aromatic N) is 5. The van der Waals surface area contributed by atoms with Crippen LogP contribution >= 0.6 is 0 Å². The molecular formula is C15H22N6. The number of aryl methyl sites for hydroxylation is 1. The Bertz CT molecular complexity index is 595. The average Bonchev–Trinajstić information content (AvgIpc) is 2.81. The van der Waals surface area contributed by atoms with E-state index in [1.54, 1.807) is 6.20 Å². The van der Waals surface area contributed by atoms with Crippen LogP contribution in [0.1, 0.15) is 11.3 Å². The first-order valence-electron chi connectivity index (χ1n) is 7.30. The number of rotatable bonds is 3. The Morgan fingerprint density at radius 3 is 2.48 bits per heavy atom. The van der Waals surface area contributed by atoms with E-state index in [0.717, 1.165) is 38.5 Å². The highest BCUT2D eigenvalue weighted by Gasteiger charge is 2.19. The van der Waals surface area contributed by atoms with Crippen molar-refractivity contribution < 1.29 is 0 Å². The number of nitrogens with two attached hydrogens (primary N) is 1. The van der Waals surface area contributed by atoms with E-state index in [1.807, 2.05) is 30.1 Å². The van der Waals surface area contributed by atoms with Gasteiger partial charge in [-0.15, -0.1) is 0 Å². The molecule has 2 N–H and O–H groups in total. The molecule has 0 aromatic carbocycles. The van der Waals surface area contributed by atoms with E-state index in [-0.39, 0.29) is 0 Å². The van der Waals surface area contributed by atoms with Gasteiger partial charge in [-0.25, -0.2) is 4.98 Å². The Labute approximate surface area is 125 Å². The molecule has 0 aliphatic carbocycles. The summed E-state index contributed by atoms with van der Waals surface area (Å²) < 4.78 is 1.93. The number of nitrogen functional groups attached to an aromatic ring is 1. The molecule has 3 rings (SSSR count). The molecule has 1 aliphatic rings. The Balaban J connectivity index is 1.58. The Morgan fingerprint density at radius 2 is 1.90 bits per heavy atom. The van der Waals surface area contributed by atoms with Gasteiger partial charge < -0.3 is 10.6 Å². The highest BCUT2D eigenvalue weighted by Crippen LogP contribution is 2.16. The monoisotopic (exact) mass is 286 g/mol. The molecule has 0 radical (unpaired) electrons. The third-order valence-electron chi connectivity index (χ3n) is 4.20. The second kappa shape index (κ2) is 5.73. The number of piperazine rings is 1. The lowest BCUT2D eigenvalue weighted by Gasteiger charge is -2.35. The van der Waals surface area contributed by atoms with E-state index in [4.69, 9.17) is 5.73 Å². The molecule has 21 heavy (non-hydrogen) atoms. The van der Waals surface area contributed by atoms with E-state index in [1.165, 1.54) is 11.3 Å². The zero-order valence-electron chi connectivity index (χ0n) is 12.7. The number of aromatic nitrogens is 3. The maximum atomic E-state index is 5.68. The summed E-state index contributed by atoms with van der Waals surface area (Å²) in [6.45, 7) is 7.17. The molecule has 0 unspecified atom stereocenters. The second-order valence-electron chi connectivity index (χ2n) is 5.59. The van der Waals surface area contributed by atoms with Gasteiger partial charge in [0.2, 0.25) is 0 Å². The highest BCUT2D eigenvalue weighted by molar-refractivity contribution is 5.46. The molecule has 0 amide bonds. The van der Waals surface area contributed by atoms with Gasteiger partial charge in [-0.3, -0.25) is 9.58 Å². The van der Waals surface area contributed by atoms with E-state index in [9.17, 15) is 0 Å². The second-order valence-corrected chi connectivity index (χ2v) is 5.59. The molecule has 112 valence electrons. The molecule has 0 bridgehead atoms. The standard InChI is InChI=1S/C15H22N6/c1-12-13(9-18-19(12)2)11-20-5-7-21(8-6-20)15-4-3-14(16)10-17-15/h3-4,9-10H,5-8,11,16H2,1-2H3. The third-order valence-corrected chi connectivity index (χ3v) is 4.20. The summed E-state index contributed by atoms with van der Waals surface area (Å²) in [5, 5.41) is 4.31. The maximum absolute atomic E-state index is 5.68. The predicted molar refractivity (Wildman–Crippen MR) is 84.1 cm³/mol. The van der Waals surface area contributed by atoms with Crippen LogP contribution in [-0.4, -0.2) is 45.8 Å². The molecule has 2 aromatic rings. The van der Waals surface area contributed by atoms with Crippen LogP contribution in [0.3, 0.4) is 0 Å². The van der Waals surface area contributed by atoms with Gasteiger partial charge in [-0.1, -0.05) is 0 Å². The van der Waals surface area contributed by atoms with E-state index in [2.05, 4.69) is 26.8 Å². The molecule has 1 aliphatic heterocycles. The van der Waals surface area contributed by atoms with Crippen molar-refractivity contribution in [1.82, 2.24) is 19.7 Å². The molecule has 2 aromatic heterocycles. The largest absolute Gasteiger partial charge is 0.397 e. The lowest BCUT2D eigenvalue weighted by Crippen LogP contribution is -2.46. The van der Waals surface area contributed by atoms with Gasteiger partial charge in [-0.05, 0) is 19.1 Å². The molecule has 0 spiro atoms. The summed E-state index contributed by atoms with van der Waals surface area (Å²) in [6.07, 6.45) is 3.70. The fraction of sp³-hybridized carbons (Fsp3) is 0.467. The fourth-order valence-electron chi connectivity index (χ4n) is 2.66. The molecule has 3 heterocycles. The SMILES string of the molecule is Cc1c(CN2CCN(c3ccc(N)cn3)CC2)cnn1C. The number of hydrogen-bond acceptors (Lipinski definition) is 5. The van der Waals surface area contributed by atoms with Crippen LogP contribution in [0.2, 0.25) is 0 Å². The molecule has 0 saturated carbocycles. The third kappa shape index (κ3) is 3.00. The minimum atomic E-state index is 0.712. The topological polar surface area (TPSA) is 63.2 Å². The lowest BCUT2D eigenvalue weighted by atomic mass is 10.2. The quantitative estimate of drug-likeness (QED) is 0.913. The number of pyridine rings is 1. The van der Waals surface area contributed by atoms with Gasteiger partial charge in [0, 0.05) is 51.0 Å². The normalized spacial score (nSPS) is 16.4. The summed E-state index contributed by atoms with van der Waals surface area (Å²) in [4.78, 5) is 9.18. The van der Waals surface area contributed by atoms with Crippen LogP contribution in [0, 0.1) is 6.92 Å². The van der Waals surface area contributed by atoms with E-state index < -0.39 is 0 Å². The summed E-state index contributed by atoms with van der Waals surface area (Å²) in [6, 6.07) is 3.91. The van der Waals surface area contributed by atoms with Crippen LogP contribution in [0.5, 0.6) is 0 Å². The molecule has 1 fully saturated rings. The minimum Gasteiger partial charge on any atom is -0.397 e. The summed E-state index contributed by atoms with van der Waals surface area (Å²) in [7, 11) is 1.99. The number of hydrogen-bond donors (Lipinski definition) is 1. The predicted octanol–water partition coefficient (Wildman–Crippen LogP) is 1.03. The molecular weight excluding hydrogens is 264 g/mol. The van der Waals surface area contributed by atoms with Crippen LogP contribution < -0.4 is 10.6 Å². The van der Waals surface area contributed by atoms with Crippen LogP contribution in [-0.2, 0) is 13.6 Å². The minimum absolute atomic E-state index is 0.712. The Morgan fingerprint density at radius 1 is 1.14 bits per heavy atom. The Kier molecular flexibility index (Phi) is 3.79. The van der Waals surface area contributed by atoms with Gasteiger partial charge in [0.25, 0.3) is 0 Å². The Hall–Kier alpha value is -2.08. The van der Waals surface area contributed by atoms with Gasteiger partial charge in [0.1, 0.15) is 5.82 Å². The highest BCUT2D eigenvalue weighted by atomic mass is 15.3. The summed E-state index contributed by atoms with van der Waals surface area (Å²) >= 11 is 0. The van der Waals surface area contributed by atoms with Crippen LogP contribution in [0.4, 0.5) is 11.5 Å². The van der Waals surface area contributed by atoms with Crippen LogP contribution in [0.15, 0.2) is 24.5 Å². The lowest BCUT2D eigenvalue weighted by molar-refractivity contribution is 0.249. The van der Waals surface area contributed by atoms with Crippen molar-refractivity contribution in [2.24, 2.45) is 7.05 Å². The molecule has 0 atom stereocenters. The first-order chi connectivity index (χ1) is 10.1. The fourth-order valence-corrected chi connectivity index (χ4v) is 2.66. The van der Waals surface area contributed by atoms with Crippen molar-refractivity contribution in [2.75, 3.05) is 36.8 Å². The van der Waals surface area contributed by atoms with Gasteiger partial charge in [0.15, 0.2) is 0 Å². The molecule has 6 heteroatoms. The van der Waals surface area contributed by atoms with E-state index in [0.29, 0.717) is 5.69 Å². The van der Waals surface area contributed by atoms with Gasteiger partial charge in [-0.2, -0.15) is 5.10 Å². The molecule has 6 nitrogen and oxygen atoms in total. The van der Waals surface area contributed by atoms with Crippen molar-refractivity contribution in [3.8, 4) is 0 Å². The zero-order valence-corrected chi connectivity index (χ0v) is 12.7. The first kappa shape index (κ1) is 13.9. The molecule has 1 saturated heterocycles. The van der Waals surface area contributed by atoms with Crippen molar-refractivity contribution >= 4 is 11.5 Å².